The van der Waals surface area contributed by atoms with Gasteiger partial charge in [-0.1, -0.05) is 239 Å². The van der Waals surface area contributed by atoms with E-state index in [1.807, 2.05) is 21.1 Å². The average molecular weight is 861 g/mol. The molecule has 0 bridgehead atoms. The standard InChI is InChI=1S/C50H102NO7P/c1-6-8-10-12-14-16-18-19-20-21-22-23-24-25-26-27-28-29-30-31-32-34-36-38-40-42-45-55-47-49(48-57-59(53,54)56-46-44-51(3,4)5)58-50(52)43-41-39-37-35-33-17-15-13-11-9-7-2/h49H,6-48H2,1-5H3/p+1. The van der Waals surface area contributed by atoms with Crippen LogP contribution in [0.3, 0.4) is 0 Å². The van der Waals surface area contributed by atoms with E-state index in [1.165, 1.54) is 205 Å². The molecule has 0 aromatic carbocycles. The Morgan fingerprint density at radius 1 is 0.458 bits per heavy atom. The molecule has 0 aromatic heterocycles. The minimum atomic E-state index is -4.27. The fraction of sp³-hybridized carbons (Fsp3) is 0.980. The summed E-state index contributed by atoms with van der Waals surface area (Å²) in [6, 6.07) is 0. The smallest absolute Gasteiger partial charge is 0.457 e. The molecule has 8 nitrogen and oxygen atoms in total. The van der Waals surface area contributed by atoms with Gasteiger partial charge in [0.2, 0.25) is 0 Å². The quantitative estimate of drug-likeness (QED) is 0.0282. The van der Waals surface area contributed by atoms with E-state index in [9.17, 15) is 14.3 Å². The number of esters is 1. The van der Waals surface area contributed by atoms with E-state index in [1.54, 1.807) is 0 Å². The molecule has 0 heterocycles. The van der Waals surface area contributed by atoms with Crippen LogP contribution >= 0.6 is 7.82 Å². The van der Waals surface area contributed by atoms with Crippen LogP contribution in [0.2, 0.25) is 0 Å². The summed E-state index contributed by atoms with van der Waals surface area (Å²) in [6.07, 6.45) is 48.8. The van der Waals surface area contributed by atoms with Crippen LogP contribution in [-0.4, -0.2) is 75.6 Å². The van der Waals surface area contributed by atoms with Crippen LogP contribution in [0.4, 0.5) is 0 Å². The number of quaternary nitrogens is 1. The minimum Gasteiger partial charge on any atom is -0.457 e. The maximum atomic E-state index is 12.7. The molecule has 0 rings (SSSR count). The first-order chi connectivity index (χ1) is 28.6. The molecule has 2 atom stereocenters. The summed E-state index contributed by atoms with van der Waals surface area (Å²) >= 11 is 0. The molecule has 0 aliphatic heterocycles. The summed E-state index contributed by atoms with van der Waals surface area (Å²) in [5.41, 5.74) is 0. The van der Waals surface area contributed by atoms with Crippen molar-refractivity contribution >= 4 is 13.8 Å². The van der Waals surface area contributed by atoms with Gasteiger partial charge in [-0.3, -0.25) is 13.8 Å². The summed E-state index contributed by atoms with van der Waals surface area (Å²) in [6.45, 7) is 5.68. The van der Waals surface area contributed by atoms with Gasteiger partial charge >= 0.3 is 13.8 Å². The molecule has 0 saturated carbocycles. The first-order valence-electron chi connectivity index (χ1n) is 25.8. The molecule has 9 heteroatoms. The number of likely N-dealkylation sites (N-methyl/N-ethyl adjacent to an activating group) is 1. The number of phosphoric acid groups is 1. The Labute approximate surface area is 368 Å². The third-order valence-electron chi connectivity index (χ3n) is 11.7. The number of unbranched alkanes of at least 4 members (excludes halogenated alkanes) is 35. The van der Waals surface area contributed by atoms with Gasteiger partial charge in [0.25, 0.3) is 0 Å². The molecule has 1 N–H and O–H groups in total. The lowest BCUT2D eigenvalue weighted by atomic mass is 10.0. The van der Waals surface area contributed by atoms with Crippen molar-refractivity contribution in [1.82, 2.24) is 0 Å². The number of phosphoric ester groups is 1. The van der Waals surface area contributed by atoms with Crippen LogP contribution in [0.5, 0.6) is 0 Å². The van der Waals surface area contributed by atoms with Crippen molar-refractivity contribution in [3.05, 3.63) is 0 Å². The van der Waals surface area contributed by atoms with Gasteiger partial charge < -0.3 is 18.9 Å². The summed E-state index contributed by atoms with van der Waals surface area (Å²) in [7, 11) is 1.69. The third kappa shape index (κ3) is 48.4. The maximum Gasteiger partial charge on any atom is 0.472 e. The number of carbonyl (C=O) groups is 1. The molecule has 0 radical (unpaired) electrons. The first-order valence-corrected chi connectivity index (χ1v) is 27.3. The molecular weight excluding hydrogens is 758 g/mol. The summed E-state index contributed by atoms with van der Waals surface area (Å²) in [5.74, 6) is -0.308. The number of carbonyl (C=O) groups excluding carboxylic acids is 1. The third-order valence-corrected chi connectivity index (χ3v) is 12.7. The van der Waals surface area contributed by atoms with Crippen LogP contribution in [0.25, 0.3) is 0 Å². The first kappa shape index (κ1) is 58.5. The molecule has 0 fully saturated rings. The predicted octanol–water partition coefficient (Wildman–Crippen LogP) is 15.6. The molecule has 0 aromatic rings. The lowest BCUT2D eigenvalue weighted by Gasteiger charge is -2.24. The molecule has 0 aliphatic carbocycles. The van der Waals surface area contributed by atoms with Gasteiger partial charge in [-0.15, -0.1) is 0 Å². The second kappa shape index (κ2) is 44.1. The van der Waals surface area contributed by atoms with Crippen molar-refractivity contribution in [3.63, 3.8) is 0 Å². The monoisotopic (exact) mass is 861 g/mol. The molecular formula is C50H103NO7P+. The van der Waals surface area contributed by atoms with Crippen LogP contribution in [-0.2, 0) is 27.9 Å². The lowest BCUT2D eigenvalue weighted by molar-refractivity contribution is -0.870. The van der Waals surface area contributed by atoms with Crippen LogP contribution in [0.1, 0.15) is 258 Å². The number of nitrogens with zero attached hydrogens (tertiary/aromatic N) is 1. The highest BCUT2D eigenvalue weighted by Gasteiger charge is 2.26. The molecule has 0 amide bonds. The lowest BCUT2D eigenvalue weighted by Crippen LogP contribution is -2.37. The molecule has 0 saturated heterocycles. The van der Waals surface area contributed by atoms with E-state index in [0.717, 1.165) is 32.1 Å². The van der Waals surface area contributed by atoms with E-state index in [2.05, 4.69) is 13.8 Å². The Hall–Kier alpha value is -0.500. The highest BCUT2D eigenvalue weighted by molar-refractivity contribution is 7.47. The highest BCUT2D eigenvalue weighted by Crippen LogP contribution is 2.43. The number of hydrogen-bond donors (Lipinski definition) is 1. The molecule has 0 aliphatic rings. The van der Waals surface area contributed by atoms with Gasteiger partial charge in [0, 0.05) is 13.0 Å². The molecule has 59 heavy (non-hydrogen) atoms. The van der Waals surface area contributed by atoms with E-state index in [4.69, 9.17) is 18.5 Å². The van der Waals surface area contributed by atoms with E-state index in [-0.39, 0.29) is 25.8 Å². The van der Waals surface area contributed by atoms with Gasteiger partial charge in [0.15, 0.2) is 0 Å². The fourth-order valence-corrected chi connectivity index (χ4v) is 8.42. The van der Waals surface area contributed by atoms with Gasteiger partial charge in [-0.2, -0.15) is 0 Å². The second-order valence-corrected chi connectivity index (χ2v) is 20.4. The summed E-state index contributed by atoms with van der Waals surface area (Å²) in [5, 5.41) is 0. The van der Waals surface area contributed by atoms with Crippen molar-refractivity contribution in [3.8, 4) is 0 Å². The Kier molecular flexibility index (Phi) is 43.7. The number of rotatable bonds is 49. The average Bonchev–Trinajstić information content (AvgIpc) is 3.19. The normalized spacial score (nSPS) is 13.5. The van der Waals surface area contributed by atoms with Crippen molar-refractivity contribution in [2.75, 3.05) is 54.1 Å². The zero-order valence-electron chi connectivity index (χ0n) is 40.3. The fourth-order valence-electron chi connectivity index (χ4n) is 7.67. The van der Waals surface area contributed by atoms with Gasteiger partial charge in [-0.25, -0.2) is 4.57 Å². The maximum absolute atomic E-state index is 12.7. The Morgan fingerprint density at radius 3 is 1.12 bits per heavy atom. The van der Waals surface area contributed by atoms with Gasteiger partial charge in [0.1, 0.15) is 19.3 Å². The summed E-state index contributed by atoms with van der Waals surface area (Å²) < 4.78 is 35.1. The van der Waals surface area contributed by atoms with Gasteiger partial charge in [-0.05, 0) is 12.8 Å². The SMILES string of the molecule is CCCCCCCCCCCCCCCCCCCCCCCCCCCCOCC(COP(=O)(O)OCC[N+](C)(C)C)OC(=O)CCCCCCCCCCCCC. The molecule has 2 unspecified atom stereocenters. The van der Waals surface area contributed by atoms with Crippen LogP contribution in [0.15, 0.2) is 0 Å². The highest BCUT2D eigenvalue weighted by atomic mass is 31.2. The Morgan fingerprint density at radius 2 is 0.780 bits per heavy atom. The largest absolute Gasteiger partial charge is 0.472 e. The Balaban J connectivity index is 3.94. The van der Waals surface area contributed by atoms with Crippen molar-refractivity contribution in [1.29, 1.82) is 0 Å². The Bertz CT molecular complexity index is 914. The topological polar surface area (TPSA) is 91.3 Å². The van der Waals surface area contributed by atoms with Crippen LogP contribution < -0.4 is 0 Å². The van der Waals surface area contributed by atoms with Crippen LogP contribution in [0, 0.1) is 0 Å². The van der Waals surface area contributed by atoms with E-state index in [0.29, 0.717) is 24.1 Å². The molecule has 354 valence electrons. The van der Waals surface area contributed by atoms with Gasteiger partial charge in [0.05, 0.1) is 34.4 Å². The van der Waals surface area contributed by atoms with Crippen molar-refractivity contribution in [2.24, 2.45) is 0 Å². The van der Waals surface area contributed by atoms with Crippen molar-refractivity contribution < 1.29 is 37.3 Å². The second-order valence-electron chi connectivity index (χ2n) is 18.9. The minimum absolute atomic E-state index is 0.0939. The van der Waals surface area contributed by atoms with E-state index >= 15 is 0 Å². The predicted molar refractivity (Wildman–Crippen MR) is 252 cm³/mol. The van der Waals surface area contributed by atoms with Crippen molar-refractivity contribution in [2.45, 2.75) is 264 Å². The summed E-state index contributed by atoms with van der Waals surface area (Å²) in [4.78, 5) is 22.9. The number of ether oxygens (including phenoxy) is 2. The zero-order chi connectivity index (χ0) is 43.4. The number of hydrogen-bond acceptors (Lipinski definition) is 6. The zero-order valence-corrected chi connectivity index (χ0v) is 41.2. The molecule has 0 spiro atoms. The van der Waals surface area contributed by atoms with E-state index < -0.39 is 13.9 Å².